The number of benzene rings is 1. The molecule has 0 radical (unpaired) electrons. The predicted octanol–water partition coefficient (Wildman–Crippen LogP) is 1.58. The fraction of sp³-hybridized carbons (Fsp3) is 0.167. The number of nitrogen functional groups attached to an aromatic ring is 1. The molecule has 0 aliphatic heterocycles. The number of carboxylic acids is 1. The summed E-state index contributed by atoms with van der Waals surface area (Å²) in [6.45, 7) is 0.381. The molecule has 3 aromatic rings. The lowest BCUT2D eigenvalue weighted by atomic mass is 10.1. The third-order valence-corrected chi connectivity index (χ3v) is 3.91. The van der Waals surface area contributed by atoms with Crippen LogP contribution in [-0.4, -0.2) is 38.2 Å². The molecule has 26 heavy (non-hydrogen) atoms. The van der Waals surface area contributed by atoms with Crippen molar-refractivity contribution in [1.82, 2.24) is 14.9 Å². The number of aromatic nitrogens is 2. The van der Waals surface area contributed by atoms with Crippen molar-refractivity contribution in [1.29, 1.82) is 0 Å². The Kier molecular flexibility index (Phi) is 4.74. The summed E-state index contributed by atoms with van der Waals surface area (Å²) < 4.78 is 1.62. The van der Waals surface area contributed by atoms with Gasteiger partial charge in [-0.3, -0.25) is 9.59 Å². The molecule has 5 N–H and O–H groups in total. The van der Waals surface area contributed by atoms with Gasteiger partial charge in [0.05, 0.1) is 18.7 Å². The zero-order valence-electron chi connectivity index (χ0n) is 13.8. The SMILES string of the molecule is Nc1cccc(Cn2cc3ccc(C(=O)NCCC(=O)O)cc3c2O)n1. The van der Waals surface area contributed by atoms with Crippen molar-refractivity contribution in [3.05, 3.63) is 53.9 Å². The van der Waals surface area contributed by atoms with Crippen LogP contribution in [0.5, 0.6) is 5.88 Å². The molecular weight excluding hydrogens is 336 g/mol. The van der Waals surface area contributed by atoms with Gasteiger partial charge >= 0.3 is 5.97 Å². The minimum absolute atomic E-state index is 0.0180. The second-order valence-corrected chi connectivity index (χ2v) is 5.84. The summed E-state index contributed by atoms with van der Waals surface area (Å²) >= 11 is 0. The van der Waals surface area contributed by atoms with Crippen LogP contribution < -0.4 is 11.1 Å². The molecule has 1 aromatic carbocycles. The number of amides is 1. The summed E-state index contributed by atoms with van der Waals surface area (Å²) in [5.74, 6) is -0.952. The lowest BCUT2D eigenvalue weighted by Gasteiger charge is -2.05. The Labute approximate surface area is 148 Å². The number of carbonyl (C=O) groups excluding carboxylic acids is 1. The smallest absolute Gasteiger partial charge is 0.305 e. The van der Waals surface area contributed by atoms with Crippen molar-refractivity contribution >= 4 is 28.5 Å². The van der Waals surface area contributed by atoms with Crippen LogP contribution >= 0.6 is 0 Å². The third-order valence-electron chi connectivity index (χ3n) is 3.91. The van der Waals surface area contributed by atoms with Gasteiger partial charge in [0.15, 0.2) is 5.88 Å². The van der Waals surface area contributed by atoms with Crippen LogP contribution in [0, 0.1) is 0 Å². The van der Waals surface area contributed by atoms with Gasteiger partial charge in [0.2, 0.25) is 0 Å². The summed E-state index contributed by atoms with van der Waals surface area (Å²) in [6.07, 6.45) is 1.62. The zero-order valence-corrected chi connectivity index (χ0v) is 13.8. The number of hydrogen-bond acceptors (Lipinski definition) is 5. The molecule has 0 saturated heterocycles. The molecule has 8 heteroatoms. The molecular formula is C18H18N4O4. The quantitative estimate of drug-likeness (QED) is 0.531. The number of carboxylic acid groups (broad SMARTS) is 1. The number of hydrogen-bond donors (Lipinski definition) is 4. The van der Waals surface area contributed by atoms with Crippen LogP contribution in [0.15, 0.2) is 42.6 Å². The molecule has 0 saturated carbocycles. The van der Waals surface area contributed by atoms with Gasteiger partial charge in [-0.15, -0.1) is 0 Å². The van der Waals surface area contributed by atoms with E-state index in [-0.39, 0.29) is 18.8 Å². The highest BCUT2D eigenvalue weighted by atomic mass is 16.4. The van der Waals surface area contributed by atoms with Crippen molar-refractivity contribution in [2.24, 2.45) is 0 Å². The van der Waals surface area contributed by atoms with Gasteiger partial charge in [0, 0.05) is 29.1 Å². The van der Waals surface area contributed by atoms with E-state index in [1.165, 1.54) is 0 Å². The second-order valence-electron chi connectivity index (χ2n) is 5.84. The van der Waals surface area contributed by atoms with E-state index in [9.17, 15) is 14.7 Å². The highest BCUT2D eigenvalue weighted by molar-refractivity contribution is 6.00. The van der Waals surface area contributed by atoms with Crippen LogP contribution in [-0.2, 0) is 11.3 Å². The number of rotatable bonds is 6. The third kappa shape index (κ3) is 3.75. The molecule has 8 nitrogen and oxygen atoms in total. The first-order valence-corrected chi connectivity index (χ1v) is 7.97. The molecule has 2 aromatic heterocycles. The average Bonchev–Trinajstić information content (AvgIpc) is 2.90. The van der Waals surface area contributed by atoms with Gasteiger partial charge in [0.25, 0.3) is 5.91 Å². The Balaban J connectivity index is 1.82. The molecule has 3 rings (SSSR count). The lowest BCUT2D eigenvalue weighted by molar-refractivity contribution is -0.136. The first kappa shape index (κ1) is 17.3. The van der Waals surface area contributed by atoms with E-state index in [0.717, 1.165) is 5.39 Å². The molecule has 2 heterocycles. The largest absolute Gasteiger partial charge is 0.494 e. The van der Waals surface area contributed by atoms with Crippen LogP contribution in [0.25, 0.3) is 10.8 Å². The molecule has 1 amide bonds. The fourth-order valence-electron chi connectivity index (χ4n) is 2.65. The number of aromatic hydroxyl groups is 1. The normalized spacial score (nSPS) is 10.8. The standard InChI is InChI=1S/C18H18N4O4/c19-15-3-1-2-13(21-15)10-22-9-12-5-4-11(8-14(12)18(22)26)17(25)20-7-6-16(23)24/h1-5,8-9,26H,6-7,10H2,(H2,19,21)(H,20,25)(H,23,24). The highest BCUT2D eigenvalue weighted by Gasteiger charge is 2.13. The molecule has 134 valence electrons. The summed E-state index contributed by atoms with van der Waals surface area (Å²) in [6, 6.07) is 10.2. The van der Waals surface area contributed by atoms with Gasteiger partial charge < -0.3 is 25.8 Å². The number of fused-ring (bicyclic) bond motifs is 1. The Bertz CT molecular complexity index is 980. The number of anilines is 1. The Morgan fingerprint density at radius 2 is 2.04 bits per heavy atom. The van der Waals surface area contributed by atoms with E-state index in [2.05, 4.69) is 10.3 Å². The summed E-state index contributed by atoms with van der Waals surface area (Å²) in [5.41, 5.74) is 6.72. The predicted molar refractivity (Wildman–Crippen MR) is 95.9 cm³/mol. The van der Waals surface area contributed by atoms with E-state index >= 15 is 0 Å². The molecule has 0 spiro atoms. The minimum atomic E-state index is -0.981. The zero-order chi connectivity index (χ0) is 18.7. The molecule has 0 bridgehead atoms. The van der Waals surface area contributed by atoms with Crippen LogP contribution in [0.3, 0.4) is 0 Å². The number of nitrogens with zero attached hydrogens (tertiary/aromatic N) is 2. The highest BCUT2D eigenvalue weighted by Crippen LogP contribution is 2.28. The maximum Gasteiger partial charge on any atom is 0.305 e. The Hall–Kier alpha value is -3.55. The van der Waals surface area contributed by atoms with Crippen LogP contribution in [0.1, 0.15) is 22.5 Å². The van der Waals surface area contributed by atoms with Crippen molar-refractivity contribution in [2.45, 2.75) is 13.0 Å². The number of nitrogens with one attached hydrogen (secondary N) is 1. The second kappa shape index (κ2) is 7.14. The van der Waals surface area contributed by atoms with E-state index in [1.54, 1.807) is 41.1 Å². The van der Waals surface area contributed by atoms with Crippen molar-refractivity contribution in [3.8, 4) is 5.88 Å². The number of nitrogens with two attached hydrogens (primary N) is 1. The number of aliphatic carboxylic acids is 1. The maximum absolute atomic E-state index is 12.1. The monoisotopic (exact) mass is 354 g/mol. The number of pyridine rings is 1. The van der Waals surface area contributed by atoms with Crippen LogP contribution in [0.4, 0.5) is 5.82 Å². The molecule has 0 unspecified atom stereocenters. The summed E-state index contributed by atoms with van der Waals surface area (Å²) in [5, 5.41) is 22.9. The van der Waals surface area contributed by atoms with E-state index in [0.29, 0.717) is 29.0 Å². The molecule has 0 aliphatic carbocycles. The van der Waals surface area contributed by atoms with Crippen molar-refractivity contribution in [2.75, 3.05) is 12.3 Å². The Morgan fingerprint density at radius 3 is 2.77 bits per heavy atom. The summed E-state index contributed by atoms with van der Waals surface area (Å²) in [7, 11) is 0. The van der Waals surface area contributed by atoms with E-state index < -0.39 is 11.9 Å². The molecule has 0 atom stereocenters. The van der Waals surface area contributed by atoms with Gasteiger partial charge in [-0.1, -0.05) is 12.1 Å². The van der Waals surface area contributed by atoms with Crippen LogP contribution in [0.2, 0.25) is 0 Å². The van der Waals surface area contributed by atoms with Gasteiger partial charge in [-0.2, -0.15) is 0 Å². The minimum Gasteiger partial charge on any atom is -0.494 e. The topological polar surface area (TPSA) is 130 Å². The number of carbonyl (C=O) groups is 2. The summed E-state index contributed by atoms with van der Waals surface area (Å²) in [4.78, 5) is 26.8. The molecule has 0 aliphatic rings. The first-order chi connectivity index (χ1) is 12.4. The van der Waals surface area contributed by atoms with Crippen molar-refractivity contribution in [3.63, 3.8) is 0 Å². The van der Waals surface area contributed by atoms with Crippen molar-refractivity contribution < 1.29 is 19.8 Å². The van der Waals surface area contributed by atoms with Gasteiger partial charge in [-0.25, -0.2) is 4.98 Å². The lowest BCUT2D eigenvalue weighted by Crippen LogP contribution is -2.25. The van der Waals surface area contributed by atoms with Gasteiger partial charge in [0.1, 0.15) is 5.82 Å². The fourth-order valence-corrected chi connectivity index (χ4v) is 2.65. The molecule has 0 fully saturated rings. The van der Waals surface area contributed by atoms with E-state index in [4.69, 9.17) is 10.8 Å². The average molecular weight is 354 g/mol. The maximum atomic E-state index is 12.1. The Morgan fingerprint density at radius 1 is 1.23 bits per heavy atom. The van der Waals surface area contributed by atoms with E-state index in [1.807, 2.05) is 6.07 Å². The first-order valence-electron chi connectivity index (χ1n) is 7.97. The van der Waals surface area contributed by atoms with Gasteiger partial charge in [-0.05, 0) is 24.3 Å².